The average molecular weight is 193 g/mol. The van der Waals surface area contributed by atoms with E-state index in [0.29, 0.717) is 6.54 Å². The Kier molecular flexibility index (Phi) is 3.36. The number of nitrogens with one attached hydrogen (secondary N) is 1. The first-order valence-electron chi connectivity index (χ1n) is 4.46. The molecule has 0 bridgehead atoms. The molecule has 0 saturated heterocycles. The predicted octanol–water partition coefficient (Wildman–Crippen LogP) is 2.64. The molecule has 0 fully saturated rings. The summed E-state index contributed by atoms with van der Waals surface area (Å²) in [5.41, 5.74) is 1.07. The Hall–Kier alpha value is -0.510. The number of hydrogen-bond donors (Lipinski definition) is 1. The zero-order valence-electron chi connectivity index (χ0n) is 7.62. The number of rotatable bonds is 0. The Morgan fingerprint density at radius 2 is 2.15 bits per heavy atom. The Labute approximate surface area is 76.0 Å². The van der Waals surface area contributed by atoms with E-state index in [1.807, 2.05) is 6.92 Å². The van der Waals surface area contributed by atoms with Crippen molar-refractivity contribution in [3.05, 3.63) is 11.6 Å². The second-order valence-corrected chi connectivity index (χ2v) is 3.44. The SMILES string of the molecule is CC1=CCC(C(F)(F)F)NCCC1. The van der Waals surface area contributed by atoms with E-state index in [4.69, 9.17) is 0 Å². The van der Waals surface area contributed by atoms with E-state index in [2.05, 4.69) is 5.32 Å². The Balaban J connectivity index is 2.60. The maximum atomic E-state index is 12.3. The third kappa shape index (κ3) is 3.38. The molecular weight excluding hydrogens is 179 g/mol. The van der Waals surface area contributed by atoms with Crippen molar-refractivity contribution in [3.63, 3.8) is 0 Å². The predicted molar refractivity (Wildman–Crippen MR) is 45.5 cm³/mol. The van der Waals surface area contributed by atoms with Gasteiger partial charge in [0, 0.05) is 0 Å². The van der Waals surface area contributed by atoms with Gasteiger partial charge in [-0.3, -0.25) is 0 Å². The highest BCUT2D eigenvalue weighted by atomic mass is 19.4. The summed E-state index contributed by atoms with van der Waals surface area (Å²) in [7, 11) is 0. The van der Waals surface area contributed by atoms with Gasteiger partial charge in [0.1, 0.15) is 6.04 Å². The van der Waals surface area contributed by atoms with E-state index in [9.17, 15) is 13.2 Å². The maximum absolute atomic E-state index is 12.3. The minimum atomic E-state index is -4.12. The number of alkyl halides is 3. The van der Waals surface area contributed by atoms with Gasteiger partial charge in [-0.1, -0.05) is 11.6 Å². The van der Waals surface area contributed by atoms with E-state index in [1.165, 1.54) is 0 Å². The van der Waals surface area contributed by atoms with Crippen molar-refractivity contribution in [2.24, 2.45) is 0 Å². The van der Waals surface area contributed by atoms with Gasteiger partial charge in [-0.05, 0) is 32.7 Å². The average Bonchev–Trinajstić information content (AvgIpc) is 1.94. The van der Waals surface area contributed by atoms with Crippen LogP contribution in [0.1, 0.15) is 26.2 Å². The largest absolute Gasteiger partial charge is 0.404 e. The first-order chi connectivity index (χ1) is 6.00. The van der Waals surface area contributed by atoms with Crippen molar-refractivity contribution < 1.29 is 13.2 Å². The van der Waals surface area contributed by atoms with Crippen LogP contribution in [0, 0.1) is 0 Å². The molecule has 76 valence electrons. The highest BCUT2D eigenvalue weighted by Gasteiger charge is 2.38. The molecule has 0 aromatic heterocycles. The van der Waals surface area contributed by atoms with Crippen LogP contribution in [0.2, 0.25) is 0 Å². The molecule has 0 spiro atoms. The van der Waals surface area contributed by atoms with Crippen LogP contribution in [-0.4, -0.2) is 18.8 Å². The van der Waals surface area contributed by atoms with Crippen molar-refractivity contribution in [2.45, 2.75) is 38.4 Å². The lowest BCUT2D eigenvalue weighted by Crippen LogP contribution is -2.42. The van der Waals surface area contributed by atoms with Gasteiger partial charge in [0.25, 0.3) is 0 Å². The molecule has 13 heavy (non-hydrogen) atoms. The molecule has 0 amide bonds. The Morgan fingerprint density at radius 1 is 1.46 bits per heavy atom. The molecule has 1 heterocycles. The summed E-state index contributed by atoms with van der Waals surface area (Å²) < 4.78 is 36.9. The van der Waals surface area contributed by atoms with Crippen molar-refractivity contribution in [3.8, 4) is 0 Å². The normalized spacial score (nSPS) is 26.2. The fourth-order valence-corrected chi connectivity index (χ4v) is 1.40. The Morgan fingerprint density at radius 3 is 2.77 bits per heavy atom. The number of allylic oxidation sites excluding steroid dienone is 1. The monoisotopic (exact) mass is 193 g/mol. The maximum Gasteiger partial charge on any atom is 0.404 e. The quantitative estimate of drug-likeness (QED) is 0.583. The molecule has 1 aliphatic heterocycles. The molecule has 1 nitrogen and oxygen atoms in total. The molecule has 1 atom stereocenters. The first kappa shape index (κ1) is 10.6. The fourth-order valence-electron chi connectivity index (χ4n) is 1.40. The highest BCUT2D eigenvalue weighted by Crippen LogP contribution is 2.24. The molecule has 1 aliphatic rings. The molecule has 0 radical (unpaired) electrons. The van der Waals surface area contributed by atoms with Crippen LogP contribution in [-0.2, 0) is 0 Å². The number of hydrogen-bond acceptors (Lipinski definition) is 1. The van der Waals surface area contributed by atoms with Gasteiger partial charge >= 0.3 is 6.18 Å². The van der Waals surface area contributed by atoms with Gasteiger partial charge in [0.05, 0.1) is 0 Å². The van der Waals surface area contributed by atoms with Crippen molar-refractivity contribution in [1.29, 1.82) is 0 Å². The van der Waals surface area contributed by atoms with E-state index in [0.717, 1.165) is 18.4 Å². The molecule has 4 heteroatoms. The molecule has 1 N–H and O–H groups in total. The topological polar surface area (TPSA) is 12.0 Å². The van der Waals surface area contributed by atoms with Crippen molar-refractivity contribution in [2.75, 3.05) is 6.54 Å². The summed E-state index contributed by atoms with van der Waals surface area (Å²) in [6.45, 7) is 2.34. The molecular formula is C9H14F3N. The summed E-state index contributed by atoms with van der Waals surface area (Å²) in [6, 6.07) is -1.36. The van der Waals surface area contributed by atoms with E-state index < -0.39 is 12.2 Å². The van der Waals surface area contributed by atoms with E-state index in [1.54, 1.807) is 6.08 Å². The van der Waals surface area contributed by atoms with Crippen LogP contribution >= 0.6 is 0 Å². The van der Waals surface area contributed by atoms with Gasteiger partial charge < -0.3 is 5.32 Å². The minimum absolute atomic E-state index is 0.0648. The smallest absolute Gasteiger partial charge is 0.306 e. The lowest BCUT2D eigenvalue weighted by molar-refractivity contribution is -0.155. The first-order valence-corrected chi connectivity index (χ1v) is 4.46. The van der Waals surface area contributed by atoms with Crippen molar-refractivity contribution >= 4 is 0 Å². The minimum Gasteiger partial charge on any atom is -0.306 e. The lowest BCUT2D eigenvalue weighted by Gasteiger charge is -2.22. The van der Waals surface area contributed by atoms with Gasteiger partial charge in [-0.25, -0.2) is 0 Å². The van der Waals surface area contributed by atoms with Gasteiger partial charge in [-0.15, -0.1) is 0 Å². The second-order valence-electron chi connectivity index (χ2n) is 3.44. The van der Waals surface area contributed by atoms with Crippen LogP contribution in [0.4, 0.5) is 13.2 Å². The fraction of sp³-hybridized carbons (Fsp3) is 0.778. The standard InChI is InChI=1S/C9H14F3N/c1-7-3-2-6-13-8(5-4-7)9(10,11)12/h4,8,13H,2-3,5-6H2,1H3. The van der Waals surface area contributed by atoms with Crippen LogP contribution in [0.15, 0.2) is 11.6 Å². The van der Waals surface area contributed by atoms with Crippen LogP contribution in [0.3, 0.4) is 0 Å². The van der Waals surface area contributed by atoms with Crippen LogP contribution < -0.4 is 5.32 Å². The van der Waals surface area contributed by atoms with E-state index in [-0.39, 0.29) is 6.42 Å². The third-order valence-corrected chi connectivity index (χ3v) is 2.24. The van der Waals surface area contributed by atoms with Crippen LogP contribution in [0.25, 0.3) is 0 Å². The van der Waals surface area contributed by atoms with Crippen molar-refractivity contribution in [1.82, 2.24) is 5.32 Å². The van der Waals surface area contributed by atoms with E-state index >= 15 is 0 Å². The lowest BCUT2D eigenvalue weighted by atomic mass is 10.0. The zero-order chi connectivity index (χ0) is 9.90. The third-order valence-electron chi connectivity index (χ3n) is 2.24. The summed E-state index contributed by atoms with van der Waals surface area (Å²) in [6.07, 6.45) is -0.680. The summed E-state index contributed by atoms with van der Waals surface area (Å²) in [5, 5.41) is 2.51. The zero-order valence-corrected chi connectivity index (χ0v) is 7.62. The van der Waals surface area contributed by atoms with Gasteiger partial charge in [0.15, 0.2) is 0 Å². The molecule has 0 saturated carbocycles. The molecule has 1 unspecified atom stereocenters. The second kappa shape index (κ2) is 4.13. The highest BCUT2D eigenvalue weighted by molar-refractivity contribution is 5.02. The summed E-state index contributed by atoms with van der Waals surface area (Å²) in [4.78, 5) is 0. The van der Waals surface area contributed by atoms with Crippen LogP contribution in [0.5, 0.6) is 0 Å². The number of halogens is 3. The summed E-state index contributed by atoms with van der Waals surface area (Å²) >= 11 is 0. The Bertz CT molecular complexity index is 196. The van der Waals surface area contributed by atoms with Gasteiger partial charge in [-0.2, -0.15) is 13.2 Å². The molecule has 0 aromatic rings. The molecule has 1 rings (SSSR count). The molecule has 0 aliphatic carbocycles. The van der Waals surface area contributed by atoms with Gasteiger partial charge in [0.2, 0.25) is 0 Å². The molecule has 0 aromatic carbocycles. The summed E-state index contributed by atoms with van der Waals surface area (Å²) in [5.74, 6) is 0.